The Hall–Kier alpha value is -3.02. The fraction of sp³-hybridized carbons (Fsp3) is 0.367. The van der Waals surface area contributed by atoms with Crippen LogP contribution in [0.25, 0.3) is 0 Å². The minimum Gasteiger partial charge on any atom is -0.497 e. The fourth-order valence-electron chi connectivity index (χ4n) is 4.79. The third kappa shape index (κ3) is 7.48. The molecule has 0 fully saturated rings. The summed E-state index contributed by atoms with van der Waals surface area (Å²) >= 11 is 12.3. The standard InChI is InChI=1S/C30H35Cl2N3O6S/c1-19-15-35(20(2)18-36)30(37)25-14-22(33-42(38,39)24-9-7-23(40-4)8-10-24)6-12-28(25)41-29(19)17-34(3)16-21-5-11-26(31)27(32)13-21/h5-14,19-20,29,33,36H,15-18H2,1-4H3/t19-,20-,29-/m1/s1. The van der Waals surface area contributed by atoms with E-state index in [0.29, 0.717) is 41.2 Å². The van der Waals surface area contributed by atoms with Crippen molar-refractivity contribution in [1.29, 1.82) is 0 Å². The van der Waals surface area contributed by atoms with Gasteiger partial charge in [0.1, 0.15) is 17.6 Å². The van der Waals surface area contributed by atoms with Crippen molar-refractivity contribution in [1.82, 2.24) is 9.80 Å². The highest BCUT2D eigenvalue weighted by Gasteiger charge is 2.34. The molecule has 9 nitrogen and oxygen atoms in total. The van der Waals surface area contributed by atoms with Crippen LogP contribution in [0.1, 0.15) is 29.8 Å². The number of halogens is 2. The molecule has 0 saturated heterocycles. The lowest BCUT2D eigenvalue weighted by Gasteiger charge is -2.38. The zero-order valence-corrected chi connectivity index (χ0v) is 26.2. The van der Waals surface area contributed by atoms with Crippen LogP contribution in [0.15, 0.2) is 65.6 Å². The Morgan fingerprint density at radius 2 is 1.83 bits per heavy atom. The van der Waals surface area contributed by atoms with Gasteiger partial charge in [0.25, 0.3) is 15.9 Å². The van der Waals surface area contributed by atoms with Gasteiger partial charge in [0, 0.05) is 31.2 Å². The Kier molecular flexibility index (Phi) is 10.3. The smallest absolute Gasteiger partial charge is 0.261 e. The number of carbonyl (C=O) groups excluding carboxylic acids is 1. The number of hydrogen-bond donors (Lipinski definition) is 2. The zero-order chi connectivity index (χ0) is 30.6. The van der Waals surface area contributed by atoms with Gasteiger partial charge in [-0.25, -0.2) is 8.42 Å². The van der Waals surface area contributed by atoms with Gasteiger partial charge in [0.15, 0.2) is 0 Å². The van der Waals surface area contributed by atoms with Crippen molar-refractivity contribution in [3.63, 3.8) is 0 Å². The molecule has 12 heteroatoms. The van der Waals surface area contributed by atoms with E-state index in [1.807, 2.05) is 26.1 Å². The van der Waals surface area contributed by atoms with Gasteiger partial charge in [-0.15, -0.1) is 0 Å². The van der Waals surface area contributed by atoms with E-state index in [2.05, 4.69) is 9.62 Å². The van der Waals surface area contributed by atoms with Crippen molar-refractivity contribution in [2.75, 3.05) is 38.6 Å². The lowest BCUT2D eigenvalue weighted by molar-refractivity contribution is 0.0341. The van der Waals surface area contributed by atoms with Crippen LogP contribution in [0.5, 0.6) is 11.5 Å². The minimum absolute atomic E-state index is 0.0482. The second-order valence-corrected chi connectivity index (χ2v) is 13.1. The molecule has 2 N–H and O–H groups in total. The normalized spacial score (nSPS) is 18.1. The van der Waals surface area contributed by atoms with Crippen LogP contribution < -0.4 is 14.2 Å². The summed E-state index contributed by atoms with van der Waals surface area (Å²) in [5.41, 5.74) is 1.40. The molecule has 0 saturated carbocycles. The Morgan fingerprint density at radius 1 is 1.12 bits per heavy atom. The van der Waals surface area contributed by atoms with Crippen LogP contribution in [0, 0.1) is 5.92 Å². The summed E-state index contributed by atoms with van der Waals surface area (Å²) in [6, 6.07) is 15.7. The number of hydrogen-bond acceptors (Lipinski definition) is 7. The summed E-state index contributed by atoms with van der Waals surface area (Å²) in [5.74, 6) is 0.427. The summed E-state index contributed by atoms with van der Waals surface area (Å²) in [4.78, 5) is 17.5. The monoisotopic (exact) mass is 635 g/mol. The number of anilines is 1. The number of aliphatic hydroxyl groups excluding tert-OH is 1. The average Bonchev–Trinajstić information content (AvgIpc) is 2.96. The molecular formula is C30H35Cl2N3O6S. The largest absolute Gasteiger partial charge is 0.497 e. The molecule has 226 valence electrons. The number of likely N-dealkylation sites (N-methyl/N-ethyl adjacent to an activating group) is 1. The van der Waals surface area contributed by atoms with Crippen molar-refractivity contribution in [3.05, 3.63) is 81.8 Å². The number of nitrogens with one attached hydrogen (secondary N) is 1. The summed E-state index contributed by atoms with van der Waals surface area (Å²) in [5, 5.41) is 10.9. The van der Waals surface area contributed by atoms with E-state index >= 15 is 0 Å². The van der Waals surface area contributed by atoms with Crippen molar-refractivity contribution < 1.29 is 27.8 Å². The number of amides is 1. The number of aliphatic hydroxyl groups is 1. The number of benzene rings is 3. The van der Waals surface area contributed by atoms with Gasteiger partial charge < -0.3 is 19.5 Å². The number of nitrogens with zero attached hydrogens (tertiary/aromatic N) is 2. The number of ether oxygens (including phenoxy) is 2. The maximum Gasteiger partial charge on any atom is 0.261 e. The van der Waals surface area contributed by atoms with Crippen molar-refractivity contribution in [2.24, 2.45) is 5.92 Å². The first-order valence-electron chi connectivity index (χ1n) is 13.4. The molecule has 0 aliphatic carbocycles. The molecule has 3 aromatic carbocycles. The second-order valence-electron chi connectivity index (χ2n) is 10.6. The molecule has 0 radical (unpaired) electrons. The van der Waals surface area contributed by atoms with E-state index < -0.39 is 16.1 Å². The van der Waals surface area contributed by atoms with E-state index in [1.54, 1.807) is 42.2 Å². The van der Waals surface area contributed by atoms with Crippen LogP contribution in [0.4, 0.5) is 5.69 Å². The van der Waals surface area contributed by atoms with Crippen LogP contribution in [-0.2, 0) is 16.6 Å². The zero-order valence-electron chi connectivity index (χ0n) is 23.9. The lowest BCUT2D eigenvalue weighted by atomic mass is 9.99. The van der Waals surface area contributed by atoms with Crippen LogP contribution in [-0.4, -0.2) is 75.2 Å². The molecule has 1 heterocycles. The van der Waals surface area contributed by atoms with Crippen molar-refractivity contribution in [2.45, 2.75) is 37.4 Å². The maximum atomic E-state index is 13.7. The molecular weight excluding hydrogens is 601 g/mol. The second kappa shape index (κ2) is 13.5. The van der Waals surface area contributed by atoms with Crippen LogP contribution >= 0.6 is 23.2 Å². The van der Waals surface area contributed by atoms with Crippen LogP contribution in [0.3, 0.4) is 0 Å². The van der Waals surface area contributed by atoms with Crippen molar-refractivity contribution in [3.8, 4) is 11.5 Å². The molecule has 1 amide bonds. The SMILES string of the molecule is COc1ccc(S(=O)(=O)Nc2ccc3c(c2)C(=O)N([C@H](C)CO)C[C@@H](C)[C@@H](CN(C)Cc2ccc(Cl)c(Cl)c2)O3)cc1. The third-order valence-electron chi connectivity index (χ3n) is 7.21. The topological polar surface area (TPSA) is 108 Å². The summed E-state index contributed by atoms with van der Waals surface area (Å²) in [6.07, 6.45) is -0.320. The average molecular weight is 637 g/mol. The third-order valence-corrected chi connectivity index (χ3v) is 9.35. The summed E-state index contributed by atoms with van der Waals surface area (Å²) in [6.45, 7) is 5.02. The molecule has 1 aliphatic heterocycles. The minimum atomic E-state index is -3.94. The quantitative estimate of drug-likeness (QED) is 0.317. The molecule has 0 unspecified atom stereocenters. The molecule has 1 aliphatic rings. The van der Waals surface area contributed by atoms with E-state index in [4.69, 9.17) is 32.7 Å². The Morgan fingerprint density at radius 3 is 2.48 bits per heavy atom. The first-order valence-corrected chi connectivity index (χ1v) is 15.7. The predicted molar refractivity (Wildman–Crippen MR) is 164 cm³/mol. The Labute approximate surface area is 257 Å². The maximum absolute atomic E-state index is 13.7. The number of sulfonamides is 1. The van der Waals surface area contributed by atoms with Crippen LogP contribution in [0.2, 0.25) is 10.0 Å². The Balaban J connectivity index is 1.62. The lowest BCUT2D eigenvalue weighted by Crippen LogP contribution is -2.49. The predicted octanol–water partition coefficient (Wildman–Crippen LogP) is 5.15. The molecule has 42 heavy (non-hydrogen) atoms. The molecule has 3 atom stereocenters. The highest BCUT2D eigenvalue weighted by atomic mass is 35.5. The Bertz CT molecular complexity index is 1520. The number of methoxy groups -OCH3 is 1. The van der Waals surface area contributed by atoms with Gasteiger partial charge in [0.05, 0.1) is 40.3 Å². The fourth-order valence-corrected chi connectivity index (χ4v) is 6.16. The summed E-state index contributed by atoms with van der Waals surface area (Å²) < 4.78 is 40.2. The van der Waals surface area contributed by atoms with E-state index in [0.717, 1.165) is 5.56 Å². The van der Waals surface area contributed by atoms with Gasteiger partial charge in [0.2, 0.25) is 0 Å². The first-order chi connectivity index (χ1) is 19.9. The molecule has 0 aromatic heterocycles. The van der Waals surface area contributed by atoms with Gasteiger partial charge in [-0.3, -0.25) is 14.4 Å². The van der Waals surface area contributed by atoms with Gasteiger partial charge in [-0.05, 0) is 74.1 Å². The number of rotatable bonds is 10. The molecule has 3 aromatic rings. The molecule has 4 rings (SSSR count). The van der Waals surface area contributed by atoms with E-state index in [-0.39, 0.29) is 40.7 Å². The highest BCUT2D eigenvalue weighted by molar-refractivity contribution is 7.92. The summed E-state index contributed by atoms with van der Waals surface area (Å²) in [7, 11) is -0.474. The molecule has 0 spiro atoms. The van der Waals surface area contributed by atoms with Gasteiger partial charge in [-0.1, -0.05) is 36.2 Å². The van der Waals surface area contributed by atoms with E-state index in [9.17, 15) is 18.3 Å². The number of carbonyl (C=O) groups is 1. The van der Waals surface area contributed by atoms with Gasteiger partial charge >= 0.3 is 0 Å². The first kappa shape index (κ1) is 31.9. The van der Waals surface area contributed by atoms with Gasteiger partial charge in [-0.2, -0.15) is 0 Å². The highest BCUT2D eigenvalue weighted by Crippen LogP contribution is 2.32. The van der Waals surface area contributed by atoms with Crippen molar-refractivity contribution >= 4 is 44.8 Å². The van der Waals surface area contributed by atoms with E-state index in [1.165, 1.54) is 25.3 Å². The molecule has 0 bridgehead atoms. The number of fused-ring (bicyclic) bond motifs is 1.